The minimum atomic E-state index is 0.119. The lowest BCUT2D eigenvalue weighted by Gasteiger charge is -2.25. The van der Waals surface area contributed by atoms with Crippen molar-refractivity contribution in [2.75, 3.05) is 20.1 Å². The van der Waals surface area contributed by atoms with Crippen molar-refractivity contribution < 1.29 is 4.79 Å². The summed E-state index contributed by atoms with van der Waals surface area (Å²) in [6.07, 6.45) is 27.6. The second-order valence-electron chi connectivity index (χ2n) is 7.96. The second kappa shape index (κ2) is 14.2. The van der Waals surface area contributed by atoms with Crippen molar-refractivity contribution in [1.82, 2.24) is 4.90 Å². The largest absolute Gasteiger partial charge is 0.298 e. The van der Waals surface area contributed by atoms with Gasteiger partial charge in [0.1, 0.15) is 0 Å². The van der Waals surface area contributed by atoms with Crippen molar-refractivity contribution in [3.8, 4) is 0 Å². The van der Waals surface area contributed by atoms with Crippen LogP contribution < -0.4 is 0 Å². The number of nitrogens with zero attached hydrogens (tertiary/aromatic N) is 1. The Morgan fingerprint density at radius 2 is 0.941 bits per heavy atom. The maximum Gasteiger partial charge on any atom is 0.187 e. The maximum atomic E-state index is 12.8. The van der Waals surface area contributed by atoms with Gasteiger partial charge in [0, 0.05) is 24.2 Å². The highest BCUT2D eigenvalue weighted by molar-refractivity contribution is 6.10. The number of likely N-dealkylation sites (tertiary alicyclic amines) is 1. The Labute approximate surface area is 203 Å². The number of carbonyl (C=O) groups excluding carboxylic acids is 1. The molecule has 0 bridgehead atoms. The molecular weight excluding hydrogens is 414 g/mol. The highest BCUT2D eigenvalue weighted by atomic mass is 16.1. The van der Waals surface area contributed by atoms with Gasteiger partial charge in [-0.05, 0) is 18.2 Å². The number of rotatable bonds is 8. The monoisotopic (exact) mass is 445 g/mol. The maximum absolute atomic E-state index is 12.8. The third-order valence-electron chi connectivity index (χ3n) is 5.12. The molecule has 2 aromatic rings. The van der Waals surface area contributed by atoms with Crippen LogP contribution in [0.2, 0.25) is 0 Å². The van der Waals surface area contributed by atoms with Gasteiger partial charge in [0.25, 0.3) is 0 Å². The van der Waals surface area contributed by atoms with Crippen LogP contribution >= 0.6 is 0 Å². The van der Waals surface area contributed by atoms with Crippen LogP contribution in [0.25, 0.3) is 12.2 Å². The molecule has 0 aromatic heterocycles. The number of Topliss-reactive ketones (excluding diaryl/α,β-unsaturated/α-hetero) is 1. The van der Waals surface area contributed by atoms with Crippen LogP contribution in [0.3, 0.4) is 0 Å². The summed E-state index contributed by atoms with van der Waals surface area (Å²) in [5.74, 6) is 0.119. The first kappa shape index (κ1) is 24.6. The lowest BCUT2D eigenvalue weighted by atomic mass is 9.97. The highest BCUT2D eigenvalue weighted by Crippen LogP contribution is 2.16. The summed E-state index contributed by atoms with van der Waals surface area (Å²) in [7, 11) is 2.03. The number of hydrogen-bond donors (Lipinski definition) is 0. The molecule has 1 aliphatic heterocycles. The third-order valence-corrected chi connectivity index (χ3v) is 5.12. The predicted octanol–water partition coefficient (Wildman–Crippen LogP) is 7.01. The summed E-state index contributed by atoms with van der Waals surface area (Å²) in [4.78, 5) is 15.0. The molecule has 0 unspecified atom stereocenters. The molecule has 0 amide bonds. The van der Waals surface area contributed by atoms with Crippen molar-refractivity contribution in [1.29, 1.82) is 0 Å². The summed E-state index contributed by atoms with van der Waals surface area (Å²) in [6.45, 7) is 1.32. The van der Waals surface area contributed by atoms with Crippen LogP contribution in [0.15, 0.2) is 145 Å². The van der Waals surface area contributed by atoms with Gasteiger partial charge < -0.3 is 0 Å². The number of likely N-dealkylation sites (N-methyl/N-ethyl adjacent to an activating group) is 1. The lowest BCUT2D eigenvalue weighted by Crippen LogP contribution is -2.34. The zero-order valence-corrected chi connectivity index (χ0v) is 19.6. The molecule has 0 radical (unpaired) electrons. The average molecular weight is 446 g/mol. The van der Waals surface area contributed by atoms with Gasteiger partial charge >= 0.3 is 0 Å². The molecule has 0 N–H and O–H groups in total. The molecule has 2 heteroatoms. The van der Waals surface area contributed by atoms with E-state index in [1.54, 1.807) is 0 Å². The first-order valence-corrected chi connectivity index (χ1v) is 11.5. The molecule has 0 aliphatic carbocycles. The molecule has 2 aromatic carbocycles. The van der Waals surface area contributed by atoms with Crippen molar-refractivity contribution in [3.63, 3.8) is 0 Å². The van der Waals surface area contributed by atoms with Crippen LogP contribution in [-0.4, -0.2) is 30.8 Å². The van der Waals surface area contributed by atoms with E-state index in [1.165, 1.54) is 11.1 Å². The van der Waals surface area contributed by atoms with E-state index in [2.05, 4.69) is 41.3 Å². The lowest BCUT2D eigenvalue weighted by molar-refractivity contribution is -0.113. The van der Waals surface area contributed by atoms with Crippen molar-refractivity contribution in [2.45, 2.75) is 0 Å². The van der Waals surface area contributed by atoms with E-state index in [1.807, 2.05) is 116 Å². The Kier molecular flexibility index (Phi) is 10.3. The van der Waals surface area contributed by atoms with Gasteiger partial charge in [-0.25, -0.2) is 0 Å². The molecule has 34 heavy (non-hydrogen) atoms. The smallest absolute Gasteiger partial charge is 0.187 e. The number of benzene rings is 2. The van der Waals surface area contributed by atoms with Crippen molar-refractivity contribution in [3.05, 3.63) is 156 Å². The highest BCUT2D eigenvalue weighted by Gasteiger charge is 2.22. The molecule has 0 spiro atoms. The van der Waals surface area contributed by atoms with Crippen molar-refractivity contribution >= 4 is 17.9 Å². The summed E-state index contributed by atoms with van der Waals surface area (Å²) in [5, 5.41) is 0. The van der Waals surface area contributed by atoms with E-state index in [4.69, 9.17) is 0 Å². The topological polar surface area (TPSA) is 20.3 Å². The quantitative estimate of drug-likeness (QED) is 0.322. The van der Waals surface area contributed by atoms with Gasteiger partial charge in [-0.15, -0.1) is 0 Å². The molecule has 0 saturated carbocycles. The van der Waals surface area contributed by atoms with Gasteiger partial charge in [-0.1, -0.05) is 146 Å². The van der Waals surface area contributed by atoms with E-state index >= 15 is 0 Å². The minimum Gasteiger partial charge on any atom is -0.298 e. The Morgan fingerprint density at radius 3 is 1.38 bits per heavy atom. The molecule has 170 valence electrons. The molecular formula is C32H31NO. The molecule has 2 nitrogen and oxygen atoms in total. The minimum absolute atomic E-state index is 0.119. The second-order valence-corrected chi connectivity index (χ2v) is 7.96. The van der Waals surface area contributed by atoms with Crippen molar-refractivity contribution in [2.24, 2.45) is 0 Å². The van der Waals surface area contributed by atoms with Gasteiger partial charge in [0.15, 0.2) is 5.78 Å². The Morgan fingerprint density at radius 1 is 0.559 bits per heavy atom. The van der Waals surface area contributed by atoms with Crippen LogP contribution in [-0.2, 0) is 4.79 Å². The standard InChI is InChI=1S/C32H31NO/c1-33-26-30(24-16-6-2-4-10-18-28-20-12-8-13-21-28)32(34)31(27-33)25-17-7-3-5-11-19-29-22-14-9-15-23-29/h2-25H,26-27H2,1H3/b4-2+,5-3+,16-6+,17-7+,18-10+,19-11+,30-24-,31-25+. The Hall–Kier alpha value is -4.01. The Bertz CT molecular complexity index is 1060. The van der Waals surface area contributed by atoms with Crippen LogP contribution in [0.5, 0.6) is 0 Å². The van der Waals surface area contributed by atoms with E-state index in [0.29, 0.717) is 13.1 Å². The number of piperidine rings is 1. The molecule has 1 saturated heterocycles. The zero-order chi connectivity index (χ0) is 23.8. The fourth-order valence-corrected chi connectivity index (χ4v) is 3.43. The molecule has 1 heterocycles. The van der Waals surface area contributed by atoms with E-state index in [-0.39, 0.29) is 5.78 Å². The molecule has 1 fully saturated rings. The van der Waals surface area contributed by atoms with Crippen LogP contribution in [0, 0.1) is 0 Å². The summed E-state index contributed by atoms with van der Waals surface area (Å²) in [5.41, 5.74) is 3.95. The van der Waals surface area contributed by atoms with Gasteiger partial charge in [0.2, 0.25) is 0 Å². The third kappa shape index (κ3) is 8.85. The Balaban J connectivity index is 1.52. The van der Waals surface area contributed by atoms with E-state index < -0.39 is 0 Å². The van der Waals surface area contributed by atoms with Gasteiger partial charge in [-0.3, -0.25) is 9.69 Å². The predicted molar refractivity (Wildman–Crippen MR) is 146 cm³/mol. The first-order valence-electron chi connectivity index (χ1n) is 11.5. The number of carbonyl (C=O) groups is 1. The van der Waals surface area contributed by atoms with Gasteiger partial charge in [-0.2, -0.15) is 0 Å². The number of ketones is 1. The fraction of sp³-hybridized carbons (Fsp3) is 0.0938. The molecule has 3 rings (SSSR count). The number of hydrogen-bond acceptors (Lipinski definition) is 2. The summed E-state index contributed by atoms with van der Waals surface area (Å²) >= 11 is 0. The van der Waals surface area contributed by atoms with Crippen LogP contribution in [0.4, 0.5) is 0 Å². The average Bonchev–Trinajstić information content (AvgIpc) is 2.86. The fourth-order valence-electron chi connectivity index (χ4n) is 3.43. The zero-order valence-electron chi connectivity index (χ0n) is 19.6. The SMILES string of the molecule is CN1C/C(=C/C=C/C=C/C=C/c2ccccc2)C(=O)/C(=C/C=C/C=C/C=C/c2ccccc2)C1. The normalized spacial score (nSPS) is 18.4. The van der Waals surface area contributed by atoms with E-state index in [0.717, 1.165) is 11.1 Å². The summed E-state index contributed by atoms with van der Waals surface area (Å²) < 4.78 is 0. The van der Waals surface area contributed by atoms with Crippen LogP contribution in [0.1, 0.15) is 11.1 Å². The van der Waals surface area contributed by atoms with Gasteiger partial charge in [0.05, 0.1) is 0 Å². The van der Waals surface area contributed by atoms with E-state index in [9.17, 15) is 4.79 Å². The first-order chi connectivity index (χ1) is 16.7. The molecule has 0 atom stereocenters. The number of allylic oxidation sites excluding steroid dienone is 12. The summed E-state index contributed by atoms with van der Waals surface area (Å²) in [6, 6.07) is 20.4. The molecule has 1 aliphatic rings.